The van der Waals surface area contributed by atoms with Crippen LogP contribution >= 0.6 is 39.3 Å². The molecule has 2 saturated heterocycles. The molecule has 3 rings (SSSR count). The van der Waals surface area contributed by atoms with Gasteiger partial charge in [0.05, 0.1) is 28.3 Å². The van der Waals surface area contributed by atoms with E-state index < -0.39 is 15.3 Å². The minimum Gasteiger partial charge on any atom is -0.314 e. The van der Waals surface area contributed by atoms with Crippen LogP contribution < -0.4 is 4.90 Å². The Bertz CT molecular complexity index is 865. The van der Waals surface area contributed by atoms with E-state index in [9.17, 15) is 13.2 Å². The maximum atomic E-state index is 12.4. The Morgan fingerprint density at radius 2 is 2.04 bits per heavy atom. The summed E-state index contributed by atoms with van der Waals surface area (Å²) in [5.41, 5.74) is 0.0643. The lowest BCUT2D eigenvalue weighted by atomic mass is 9.96. The average molecular weight is 466 g/mol. The number of rotatable bonds is 1. The van der Waals surface area contributed by atoms with Gasteiger partial charge in [-0.25, -0.2) is 8.42 Å². The highest BCUT2D eigenvalue weighted by molar-refractivity contribution is 9.10. The molecule has 2 heterocycles. The predicted octanol–water partition coefficient (Wildman–Crippen LogP) is 3.75. The number of amidine groups is 1. The molecule has 0 aromatic heterocycles. The summed E-state index contributed by atoms with van der Waals surface area (Å²) in [5, 5.41) is 0.862. The molecule has 25 heavy (non-hydrogen) atoms. The molecule has 2 atom stereocenters. The Balaban J connectivity index is 2.07. The van der Waals surface area contributed by atoms with Crippen LogP contribution in [0.15, 0.2) is 27.7 Å². The van der Waals surface area contributed by atoms with Gasteiger partial charge in [0.15, 0.2) is 15.0 Å². The minimum atomic E-state index is -3.10. The lowest BCUT2D eigenvalue weighted by Crippen LogP contribution is -2.38. The zero-order valence-corrected chi connectivity index (χ0v) is 18.0. The topological polar surface area (TPSA) is 66.8 Å². The zero-order chi connectivity index (χ0) is 18.6. The van der Waals surface area contributed by atoms with Gasteiger partial charge in [0.25, 0.3) is 5.91 Å². The number of aliphatic imine (C=N–C) groups is 1. The average Bonchev–Trinajstić information content (AvgIpc) is 2.90. The van der Waals surface area contributed by atoms with Gasteiger partial charge in [0, 0.05) is 15.1 Å². The number of carbonyl (C=O) groups is 1. The molecule has 1 amide bonds. The van der Waals surface area contributed by atoms with Gasteiger partial charge in [-0.05, 0) is 18.2 Å². The van der Waals surface area contributed by atoms with Crippen LogP contribution in [0.1, 0.15) is 20.8 Å². The van der Waals surface area contributed by atoms with Gasteiger partial charge >= 0.3 is 0 Å². The van der Waals surface area contributed by atoms with E-state index in [0.29, 0.717) is 15.9 Å². The fourth-order valence-corrected chi connectivity index (χ4v) is 7.45. The first kappa shape index (κ1) is 19.2. The van der Waals surface area contributed by atoms with E-state index in [1.54, 1.807) is 26.8 Å². The standard InChI is InChI=1S/C16H18BrClN2O3S2/c1-16(2,3)14(21)19-15-20(11-5-4-9(17)6-10(11)18)12-7-25(22,23)8-13(12)24-15/h4-6,12-13H,7-8H2,1-3H3/t12-,13-/m0/s1. The molecule has 2 aliphatic heterocycles. The van der Waals surface area contributed by atoms with Crippen molar-refractivity contribution in [2.45, 2.75) is 32.1 Å². The van der Waals surface area contributed by atoms with Crippen molar-refractivity contribution in [2.24, 2.45) is 10.4 Å². The molecule has 5 nitrogen and oxygen atoms in total. The summed E-state index contributed by atoms with van der Waals surface area (Å²) in [7, 11) is -3.10. The first-order valence-electron chi connectivity index (χ1n) is 7.72. The molecular weight excluding hydrogens is 448 g/mol. The monoisotopic (exact) mass is 464 g/mol. The Labute approximate surface area is 165 Å². The molecule has 0 spiro atoms. The second kappa shape index (κ2) is 6.55. The minimum absolute atomic E-state index is 0.0415. The summed E-state index contributed by atoms with van der Waals surface area (Å²) in [4.78, 5) is 18.5. The Morgan fingerprint density at radius 3 is 2.64 bits per heavy atom. The van der Waals surface area contributed by atoms with Crippen LogP contribution in [0.5, 0.6) is 0 Å². The van der Waals surface area contributed by atoms with Crippen LogP contribution in [0.2, 0.25) is 5.02 Å². The van der Waals surface area contributed by atoms with E-state index in [4.69, 9.17) is 11.6 Å². The summed E-state index contributed by atoms with van der Waals surface area (Å²) < 4.78 is 24.9. The van der Waals surface area contributed by atoms with E-state index in [0.717, 1.165) is 4.47 Å². The number of hydrogen-bond donors (Lipinski definition) is 0. The SMILES string of the molecule is CC(C)(C)C(=O)N=C1S[C@H]2CS(=O)(=O)C[C@@H]2N1c1ccc(Br)cc1Cl. The summed E-state index contributed by atoms with van der Waals surface area (Å²) in [6.45, 7) is 5.42. The molecule has 0 N–H and O–H groups in total. The summed E-state index contributed by atoms with van der Waals surface area (Å²) >= 11 is 11.1. The number of halogens is 2. The number of hydrogen-bond acceptors (Lipinski definition) is 4. The maximum absolute atomic E-state index is 12.4. The molecule has 0 unspecified atom stereocenters. The summed E-state index contributed by atoms with van der Waals surface area (Å²) in [6, 6.07) is 5.14. The predicted molar refractivity (Wildman–Crippen MR) is 107 cm³/mol. The van der Waals surface area contributed by atoms with E-state index >= 15 is 0 Å². The number of carbonyl (C=O) groups excluding carboxylic acids is 1. The van der Waals surface area contributed by atoms with Gasteiger partial charge in [0.2, 0.25) is 0 Å². The largest absolute Gasteiger partial charge is 0.314 e. The molecule has 1 aromatic carbocycles. The van der Waals surface area contributed by atoms with Crippen LogP contribution in [-0.4, -0.2) is 42.3 Å². The van der Waals surface area contributed by atoms with Crippen molar-refractivity contribution in [3.63, 3.8) is 0 Å². The fraction of sp³-hybridized carbons (Fsp3) is 0.500. The van der Waals surface area contributed by atoms with Crippen molar-refractivity contribution >= 4 is 65.9 Å². The van der Waals surface area contributed by atoms with Crippen molar-refractivity contribution < 1.29 is 13.2 Å². The third-order valence-electron chi connectivity index (χ3n) is 4.07. The van der Waals surface area contributed by atoms with Gasteiger partial charge in [-0.3, -0.25) is 4.79 Å². The highest BCUT2D eigenvalue weighted by atomic mass is 79.9. The lowest BCUT2D eigenvalue weighted by molar-refractivity contribution is -0.124. The number of fused-ring (bicyclic) bond motifs is 1. The number of amides is 1. The van der Waals surface area contributed by atoms with Gasteiger partial charge in [0.1, 0.15) is 0 Å². The second-order valence-electron chi connectivity index (χ2n) is 7.22. The van der Waals surface area contributed by atoms with Gasteiger partial charge in [-0.15, -0.1) is 0 Å². The molecule has 0 radical (unpaired) electrons. The van der Waals surface area contributed by atoms with Crippen molar-refractivity contribution in [3.05, 3.63) is 27.7 Å². The number of thioether (sulfide) groups is 1. The Kier molecular flexibility index (Phi) is 5.03. The van der Waals surface area contributed by atoms with Crippen LogP contribution in [0.25, 0.3) is 0 Å². The molecule has 0 aliphatic carbocycles. The summed E-state index contributed by atoms with van der Waals surface area (Å²) in [5.74, 6) is -0.105. The third-order valence-corrected chi connectivity index (χ3v) is 8.08. The molecule has 1 aromatic rings. The van der Waals surface area contributed by atoms with Gasteiger partial charge < -0.3 is 4.90 Å². The number of sulfone groups is 1. The van der Waals surface area contributed by atoms with E-state index in [-0.39, 0.29) is 28.7 Å². The Morgan fingerprint density at radius 1 is 1.36 bits per heavy atom. The first-order chi connectivity index (χ1) is 11.5. The summed E-state index contributed by atoms with van der Waals surface area (Å²) in [6.07, 6.45) is 0. The smallest absolute Gasteiger partial charge is 0.253 e. The van der Waals surface area contributed by atoms with Crippen molar-refractivity contribution in [1.82, 2.24) is 0 Å². The van der Waals surface area contributed by atoms with Crippen LogP contribution in [-0.2, 0) is 14.6 Å². The van der Waals surface area contributed by atoms with Crippen LogP contribution in [0.4, 0.5) is 5.69 Å². The highest BCUT2D eigenvalue weighted by Crippen LogP contribution is 2.43. The quantitative estimate of drug-likeness (QED) is 0.632. The third kappa shape index (κ3) is 3.91. The molecule has 9 heteroatoms. The van der Waals surface area contributed by atoms with Gasteiger partial charge in [-0.1, -0.05) is 60.1 Å². The van der Waals surface area contributed by atoms with Crippen LogP contribution in [0, 0.1) is 5.41 Å². The highest BCUT2D eigenvalue weighted by Gasteiger charge is 2.50. The van der Waals surface area contributed by atoms with E-state index in [1.165, 1.54) is 11.8 Å². The normalized spacial score (nSPS) is 26.9. The number of benzene rings is 1. The molecule has 0 bridgehead atoms. The van der Waals surface area contributed by atoms with Gasteiger partial charge in [-0.2, -0.15) is 4.99 Å². The molecule has 2 fully saturated rings. The van der Waals surface area contributed by atoms with E-state index in [1.807, 2.05) is 17.0 Å². The Hall–Kier alpha value is -0.570. The molecule has 0 saturated carbocycles. The molecule has 136 valence electrons. The van der Waals surface area contributed by atoms with Crippen molar-refractivity contribution in [1.29, 1.82) is 0 Å². The molecular formula is C16H18BrClN2O3S2. The zero-order valence-electron chi connectivity index (χ0n) is 14.0. The van der Waals surface area contributed by atoms with Crippen LogP contribution in [0.3, 0.4) is 0 Å². The first-order valence-corrected chi connectivity index (χ1v) is 11.6. The lowest BCUT2D eigenvalue weighted by Gasteiger charge is -2.26. The fourth-order valence-electron chi connectivity index (χ4n) is 2.78. The number of anilines is 1. The maximum Gasteiger partial charge on any atom is 0.253 e. The van der Waals surface area contributed by atoms with E-state index in [2.05, 4.69) is 20.9 Å². The number of nitrogens with zero attached hydrogens (tertiary/aromatic N) is 2. The molecule has 2 aliphatic rings. The van der Waals surface area contributed by atoms with Crippen molar-refractivity contribution in [2.75, 3.05) is 16.4 Å². The van der Waals surface area contributed by atoms with Crippen molar-refractivity contribution in [3.8, 4) is 0 Å². The second-order valence-corrected chi connectivity index (χ2v) is 11.9.